The molecule has 2 fully saturated rings. The molecular formula is C26H31F3N4O2. The van der Waals surface area contributed by atoms with E-state index < -0.39 is 17.6 Å². The number of hydrogen-bond donors (Lipinski definition) is 3. The van der Waals surface area contributed by atoms with Crippen molar-refractivity contribution in [3.63, 3.8) is 0 Å². The van der Waals surface area contributed by atoms with Crippen LogP contribution < -0.4 is 16.0 Å². The number of carbonyl (C=O) groups excluding carboxylic acids is 2. The number of likely N-dealkylation sites (tertiary alicyclic amines) is 1. The number of rotatable bonds is 7. The maximum Gasteiger partial charge on any atom is 0.418 e. The summed E-state index contributed by atoms with van der Waals surface area (Å²) in [5, 5.41) is 7.78. The average Bonchev–Trinajstić information content (AvgIpc) is 2.84. The van der Waals surface area contributed by atoms with Crippen LogP contribution in [0.3, 0.4) is 0 Å². The lowest BCUT2D eigenvalue weighted by molar-refractivity contribution is -0.137. The van der Waals surface area contributed by atoms with Crippen LogP contribution >= 0.6 is 0 Å². The maximum absolute atomic E-state index is 13.2. The normalized spacial score (nSPS) is 21.1. The molecule has 2 aromatic rings. The predicted octanol–water partition coefficient (Wildman–Crippen LogP) is 4.00. The highest BCUT2D eigenvalue weighted by Gasteiger charge is 2.36. The van der Waals surface area contributed by atoms with Gasteiger partial charge in [0.1, 0.15) is 0 Å². The van der Waals surface area contributed by atoms with Crippen LogP contribution in [0.5, 0.6) is 0 Å². The number of halogens is 3. The van der Waals surface area contributed by atoms with Crippen LogP contribution in [0.2, 0.25) is 0 Å². The molecule has 2 amide bonds. The van der Waals surface area contributed by atoms with E-state index in [0.717, 1.165) is 32.0 Å². The molecule has 1 saturated heterocycles. The lowest BCUT2D eigenvalue weighted by Crippen LogP contribution is -2.63. The van der Waals surface area contributed by atoms with Crippen LogP contribution in [0, 0.1) is 0 Å². The third kappa shape index (κ3) is 6.14. The number of anilines is 1. The van der Waals surface area contributed by atoms with E-state index in [1.807, 2.05) is 6.07 Å². The van der Waals surface area contributed by atoms with Gasteiger partial charge in [0.25, 0.3) is 5.91 Å². The molecule has 1 aliphatic carbocycles. The Kier molecular flexibility index (Phi) is 7.64. The van der Waals surface area contributed by atoms with Crippen molar-refractivity contribution in [2.24, 2.45) is 0 Å². The minimum Gasteiger partial charge on any atom is -0.388 e. The van der Waals surface area contributed by atoms with E-state index in [2.05, 4.69) is 45.1 Å². The molecule has 0 bridgehead atoms. The summed E-state index contributed by atoms with van der Waals surface area (Å²) in [6.45, 7) is 1.27. The minimum absolute atomic E-state index is 0.0259. The van der Waals surface area contributed by atoms with Crippen molar-refractivity contribution in [2.45, 2.75) is 49.9 Å². The summed E-state index contributed by atoms with van der Waals surface area (Å²) in [7, 11) is 1.38. The summed E-state index contributed by atoms with van der Waals surface area (Å²) in [5.41, 5.74) is 0.221. The average molecular weight is 489 g/mol. The second-order valence-electron chi connectivity index (χ2n) is 9.33. The molecule has 0 radical (unpaired) electrons. The van der Waals surface area contributed by atoms with Crippen LogP contribution in [-0.2, 0) is 11.0 Å². The first-order valence-electron chi connectivity index (χ1n) is 12.0. The Morgan fingerprint density at radius 2 is 1.69 bits per heavy atom. The van der Waals surface area contributed by atoms with Gasteiger partial charge >= 0.3 is 6.18 Å². The van der Waals surface area contributed by atoms with Gasteiger partial charge in [0.15, 0.2) is 0 Å². The zero-order valence-electron chi connectivity index (χ0n) is 19.7. The highest BCUT2D eigenvalue weighted by Crippen LogP contribution is 2.36. The summed E-state index contributed by atoms with van der Waals surface area (Å²) in [6.07, 6.45) is 0.0210. The van der Waals surface area contributed by atoms with Crippen LogP contribution in [0.4, 0.5) is 18.9 Å². The molecule has 1 heterocycles. The van der Waals surface area contributed by atoms with Crippen molar-refractivity contribution in [2.75, 3.05) is 32.0 Å². The number of carbonyl (C=O) groups is 2. The zero-order chi connectivity index (χ0) is 25.0. The van der Waals surface area contributed by atoms with Crippen molar-refractivity contribution in [3.8, 4) is 0 Å². The Morgan fingerprint density at radius 3 is 2.31 bits per heavy atom. The van der Waals surface area contributed by atoms with E-state index in [-0.39, 0.29) is 29.7 Å². The molecule has 0 aromatic heterocycles. The zero-order valence-corrected chi connectivity index (χ0v) is 19.7. The number of nitrogens with one attached hydrogen (secondary N) is 3. The second kappa shape index (κ2) is 10.7. The molecule has 2 aromatic carbocycles. The van der Waals surface area contributed by atoms with Gasteiger partial charge in [0.2, 0.25) is 5.91 Å². The smallest absolute Gasteiger partial charge is 0.388 e. The fourth-order valence-corrected chi connectivity index (χ4v) is 5.08. The fourth-order valence-electron chi connectivity index (χ4n) is 5.08. The number of alkyl halides is 3. The van der Waals surface area contributed by atoms with Crippen molar-refractivity contribution in [1.29, 1.82) is 0 Å². The monoisotopic (exact) mass is 488 g/mol. The molecule has 6 nitrogen and oxygen atoms in total. The standard InChI is InChI=1S/C26H31F3N4O2/c1-30-23-12-9-19(13-22(23)26(27,28)29)25(35)31-14-24(34)32-20-15-33(16-20)21-10-7-18(8-11-21)17-5-3-2-4-6-17/h2-6,9,12-13,18,20-21,30H,7-8,10-11,14-16H2,1H3,(H,31,35)(H,32,34). The van der Waals surface area contributed by atoms with E-state index in [1.165, 1.54) is 37.6 Å². The number of benzene rings is 2. The molecule has 0 atom stereocenters. The van der Waals surface area contributed by atoms with E-state index in [4.69, 9.17) is 0 Å². The van der Waals surface area contributed by atoms with Crippen LogP contribution in [0.15, 0.2) is 48.5 Å². The van der Waals surface area contributed by atoms with Gasteiger partial charge in [0.05, 0.1) is 18.2 Å². The van der Waals surface area contributed by atoms with Gasteiger partial charge in [-0.1, -0.05) is 30.3 Å². The molecule has 4 rings (SSSR count). The molecule has 1 saturated carbocycles. The van der Waals surface area contributed by atoms with Crippen LogP contribution in [-0.4, -0.2) is 55.5 Å². The lowest BCUT2D eigenvalue weighted by atomic mass is 9.80. The van der Waals surface area contributed by atoms with Crippen LogP contribution in [0.25, 0.3) is 0 Å². The van der Waals surface area contributed by atoms with Crippen LogP contribution in [0.1, 0.15) is 53.1 Å². The second-order valence-corrected chi connectivity index (χ2v) is 9.33. The van der Waals surface area contributed by atoms with Gasteiger partial charge in [-0.2, -0.15) is 13.2 Å². The van der Waals surface area contributed by atoms with Gasteiger partial charge in [-0.25, -0.2) is 0 Å². The molecule has 0 unspecified atom stereocenters. The fraction of sp³-hybridized carbons (Fsp3) is 0.462. The summed E-state index contributed by atoms with van der Waals surface area (Å²) >= 11 is 0. The SMILES string of the molecule is CNc1ccc(C(=O)NCC(=O)NC2CN(C3CCC(c4ccccc4)CC3)C2)cc1C(F)(F)F. The van der Waals surface area contributed by atoms with Crippen molar-refractivity contribution >= 4 is 17.5 Å². The summed E-state index contributed by atoms with van der Waals surface area (Å²) < 4.78 is 39.6. The molecular weight excluding hydrogens is 457 g/mol. The highest BCUT2D eigenvalue weighted by atomic mass is 19.4. The highest BCUT2D eigenvalue weighted by molar-refractivity contribution is 5.97. The topological polar surface area (TPSA) is 73.5 Å². The van der Waals surface area contributed by atoms with Gasteiger partial charge in [-0.3, -0.25) is 14.5 Å². The van der Waals surface area contributed by atoms with Gasteiger partial charge in [-0.15, -0.1) is 0 Å². The Hall–Kier alpha value is -3.07. The van der Waals surface area contributed by atoms with E-state index in [0.29, 0.717) is 12.0 Å². The summed E-state index contributed by atoms with van der Waals surface area (Å²) in [5.74, 6) is -0.452. The summed E-state index contributed by atoms with van der Waals surface area (Å²) in [6, 6.07) is 14.5. The lowest BCUT2D eigenvalue weighted by Gasteiger charge is -2.46. The number of amides is 2. The molecule has 9 heteroatoms. The number of nitrogens with zero attached hydrogens (tertiary/aromatic N) is 1. The molecule has 0 spiro atoms. The summed E-state index contributed by atoms with van der Waals surface area (Å²) in [4.78, 5) is 27.0. The first kappa shape index (κ1) is 25.0. The predicted molar refractivity (Wildman–Crippen MR) is 128 cm³/mol. The van der Waals surface area contributed by atoms with E-state index in [1.54, 1.807) is 0 Å². The maximum atomic E-state index is 13.2. The molecule has 3 N–H and O–H groups in total. The quantitative estimate of drug-likeness (QED) is 0.551. The molecule has 188 valence electrons. The van der Waals surface area contributed by atoms with Crippen molar-refractivity contribution in [3.05, 3.63) is 65.2 Å². The molecule has 1 aliphatic heterocycles. The van der Waals surface area contributed by atoms with E-state index in [9.17, 15) is 22.8 Å². The largest absolute Gasteiger partial charge is 0.418 e. The van der Waals surface area contributed by atoms with Crippen molar-refractivity contribution < 1.29 is 22.8 Å². The van der Waals surface area contributed by atoms with Gasteiger partial charge in [0, 0.05) is 37.4 Å². The van der Waals surface area contributed by atoms with Gasteiger partial charge < -0.3 is 16.0 Å². The van der Waals surface area contributed by atoms with Crippen molar-refractivity contribution in [1.82, 2.24) is 15.5 Å². The Balaban J connectivity index is 1.18. The molecule has 35 heavy (non-hydrogen) atoms. The Labute approximate surface area is 203 Å². The third-order valence-corrected chi connectivity index (χ3v) is 7.02. The third-order valence-electron chi connectivity index (χ3n) is 7.02. The van der Waals surface area contributed by atoms with E-state index >= 15 is 0 Å². The van der Waals surface area contributed by atoms with Gasteiger partial charge in [-0.05, 0) is 55.4 Å². The first-order chi connectivity index (χ1) is 16.7. The Morgan fingerprint density at radius 1 is 1.00 bits per heavy atom. The first-order valence-corrected chi connectivity index (χ1v) is 12.0. The Bertz CT molecular complexity index is 1030. The molecule has 2 aliphatic rings. The minimum atomic E-state index is -4.59. The number of hydrogen-bond acceptors (Lipinski definition) is 4.